The number of hydrogen-bond donors (Lipinski definition) is 1. The van der Waals surface area contributed by atoms with E-state index in [-0.39, 0.29) is 4.34 Å². The molecule has 0 unspecified atom stereocenters. The summed E-state index contributed by atoms with van der Waals surface area (Å²) in [5.74, 6) is 0. The average molecular weight is 281 g/mol. The van der Waals surface area contributed by atoms with Gasteiger partial charge in [0.2, 0.25) is 9.30 Å². The Labute approximate surface area is 106 Å². The summed E-state index contributed by atoms with van der Waals surface area (Å²) in [5, 5.41) is 8.87. The zero-order chi connectivity index (χ0) is 12.8. The molecule has 0 aliphatic rings. The average Bonchev–Trinajstić information content (AvgIpc) is 2.86. The SMILES string of the molecule is NS(=O)(=O)c1nn2cc(-c3ccncc3)nc2s1. The number of sulfonamides is 1. The highest BCUT2D eigenvalue weighted by Gasteiger charge is 2.16. The molecule has 7 nitrogen and oxygen atoms in total. The maximum atomic E-state index is 11.1. The Morgan fingerprint density at radius 3 is 2.61 bits per heavy atom. The number of aromatic nitrogens is 4. The molecule has 92 valence electrons. The van der Waals surface area contributed by atoms with Crippen LogP contribution in [0.2, 0.25) is 0 Å². The van der Waals surface area contributed by atoms with E-state index in [9.17, 15) is 8.42 Å². The van der Waals surface area contributed by atoms with Crippen LogP contribution in [0.3, 0.4) is 0 Å². The van der Waals surface area contributed by atoms with Crippen molar-refractivity contribution < 1.29 is 8.42 Å². The third kappa shape index (κ3) is 1.88. The molecule has 0 fully saturated rings. The first-order valence-corrected chi connectivity index (χ1v) is 7.20. The van der Waals surface area contributed by atoms with Crippen molar-refractivity contribution in [3.63, 3.8) is 0 Å². The summed E-state index contributed by atoms with van der Waals surface area (Å²) in [6, 6.07) is 3.63. The lowest BCUT2D eigenvalue weighted by Gasteiger charge is -1.92. The lowest BCUT2D eigenvalue weighted by molar-refractivity contribution is 0.595. The number of pyridine rings is 1. The van der Waals surface area contributed by atoms with Crippen molar-refractivity contribution in [1.82, 2.24) is 19.6 Å². The molecular weight excluding hydrogens is 274 g/mol. The minimum Gasteiger partial charge on any atom is -0.265 e. The second kappa shape index (κ2) is 3.83. The summed E-state index contributed by atoms with van der Waals surface area (Å²) in [7, 11) is -3.78. The van der Waals surface area contributed by atoms with Crippen LogP contribution in [0.25, 0.3) is 16.2 Å². The predicted molar refractivity (Wildman–Crippen MR) is 65.5 cm³/mol. The van der Waals surface area contributed by atoms with Crippen molar-refractivity contribution in [3.8, 4) is 11.3 Å². The zero-order valence-corrected chi connectivity index (χ0v) is 10.5. The fourth-order valence-electron chi connectivity index (χ4n) is 1.46. The van der Waals surface area contributed by atoms with Crippen molar-refractivity contribution in [2.45, 2.75) is 4.34 Å². The van der Waals surface area contributed by atoms with Crippen LogP contribution >= 0.6 is 11.3 Å². The number of primary sulfonamides is 1. The van der Waals surface area contributed by atoms with Gasteiger partial charge in [-0.05, 0) is 12.1 Å². The lowest BCUT2D eigenvalue weighted by atomic mass is 10.2. The van der Waals surface area contributed by atoms with Gasteiger partial charge in [-0.25, -0.2) is 23.1 Å². The minimum atomic E-state index is -3.78. The number of fused-ring (bicyclic) bond motifs is 1. The molecule has 3 aromatic rings. The Morgan fingerprint density at radius 2 is 2.00 bits per heavy atom. The highest BCUT2D eigenvalue weighted by Crippen LogP contribution is 2.22. The van der Waals surface area contributed by atoms with Crippen LogP contribution in [0.15, 0.2) is 35.1 Å². The summed E-state index contributed by atoms with van der Waals surface area (Å²) in [6.45, 7) is 0. The first kappa shape index (κ1) is 11.3. The highest BCUT2D eigenvalue weighted by molar-refractivity contribution is 7.91. The molecule has 0 aliphatic carbocycles. The van der Waals surface area contributed by atoms with E-state index < -0.39 is 10.0 Å². The molecule has 9 heteroatoms. The summed E-state index contributed by atoms with van der Waals surface area (Å²) in [4.78, 5) is 8.68. The first-order valence-electron chi connectivity index (χ1n) is 4.83. The molecule has 0 amide bonds. The smallest absolute Gasteiger partial charge is 0.265 e. The fraction of sp³-hybridized carbons (Fsp3) is 0. The van der Waals surface area contributed by atoms with Gasteiger partial charge in [0.15, 0.2) is 0 Å². The maximum absolute atomic E-state index is 11.1. The summed E-state index contributed by atoms with van der Waals surface area (Å²) in [6.07, 6.45) is 4.97. The van der Waals surface area contributed by atoms with E-state index in [2.05, 4.69) is 15.1 Å². The van der Waals surface area contributed by atoms with Gasteiger partial charge >= 0.3 is 0 Å². The largest absolute Gasteiger partial charge is 0.267 e. The van der Waals surface area contributed by atoms with E-state index in [4.69, 9.17) is 5.14 Å². The van der Waals surface area contributed by atoms with Crippen LogP contribution in [-0.2, 0) is 10.0 Å². The third-order valence-electron chi connectivity index (χ3n) is 2.24. The monoisotopic (exact) mass is 281 g/mol. The first-order chi connectivity index (χ1) is 8.54. The minimum absolute atomic E-state index is 0.147. The summed E-state index contributed by atoms with van der Waals surface area (Å²) < 4.78 is 23.5. The van der Waals surface area contributed by atoms with E-state index in [1.165, 1.54) is 4.52 Å². The molecule has 0 atom stereocenters. The van der Waals surface area contributed by atoms with Crippen LogP contribution < -0.4 is 5.14 Å². The fourth-order valence-corrected chi connectivity index (χ4v) is 2.96. The molecule has 0 spiro atoms. The second-order valence-electron chi connectivity index (χ2n) is 3.50. The molecule has 2 N–H and O–H groups in total. The molecule has 3 heterocycles. The van der Waals surface area contributed by atoms with Gasteiger partial charge in [0.1, 0.15) is 0 Å². The molecular formula is C9H7N5O2S2. The zero-order valence-electron chi connectivity index (χ0n) is 8.89. The summed E-state index contributed by atoms with van der Waals surface area (Å²) in [5.41, 5.74) is 1.59. The Morgan fingerprint density at radius 1 is 1.28 bits per heavy atom. The van der Waals surface area contributed by atoms with E-state index in [0.717, 1.165) is 16.9 Å². The van der Waals surface area contributed by atoms with Crippen LogP contribution in [-0.4, -0.2) is 28.0 Å². The van der Waals surface area contributed by atoms with Gasteiger partial charge in [0.25, 0.3) is 10.0 Å². The van der Waals surface area contributed by atoms with Gasteiger partial charge in [-0.2, -0.15) is 0 Å². The molecule has 0 saturated heterocycles. The van der Waals surface area contributed by atoms with E-state index in [1.807, 2.05) is 12.1 Å². The van der Waals surface area contributed by atoms with Gasteiger partial charge < -0.3 is 0 Å². The van der Waals surface area contributed by atoms with Gasteiger partial charge in [0.05, 0.1) is 11.9 Å². The molecule has 0 aromatic carbocycles. The second-order valence-corrected chi connectivity index (χ2v) is 6.19. The van der Waals surface area contributed by atoms with E-state index in [0.29, 0.717) is 10.7 Å². The molecule has 0 aliphatic heterocycles. The Bertz CT molecular complexity index is 774. The van der Waals surface area contributed by atoms with Crippen molar-refractivity contribution in [2.75, 3.05) is 0 Å². The van der Waals surface area contributed by atoms with Gasteiger partial charge in [-0.15, -0.1) is 5.10 Å². The maximum Gasteiger partial charge on any atom is 0.267 e. The van der Waals surface area contributed by atoms with E-state index >= 15 is 0 Å². The Hall–Kier alpha value is -1.84. The van der Waals surface area contributed by atoms with Crippen molar-refractivity contribution in [3.05, 3.63) is 30.7 Å². The third-order valence-corrected chi connectivity index (χ3v) is 4.48. The van der Waals surface area contributed by atoms with Gasteiger partial charge in [-0.3, -0.25) is 4.98 Å². The number of hydrogen-bond acceptors (Lipinski definition) is 6. The number of nitrogens with zero attached hydrogens (tertiary/aromatic N) is 4. The highest BCUT2D eigenvalue weighted by atomic mass is 32.2. The quantitative estimate of drug-likeness (QED) is 0.736. The van der Waals surface area contributed by atoms with Crippen molar-refractivity contribution in [1.29, 1.82) is 0 Å². The molecule has 18 heavy (non-hydrogen) atoms. The molecule has 0 saturated carbocycles. The van der Waals surface area contributed by atoms with Gasteiger partial charge in [0, 0.05) is 18.0 Å². The van der Waals surface area contributed by atoms with Crippen LogP contribution in [0.4, 0.5) is 0 Å². The molecule has 3 aromatic heterocycles. The van der Waals surface area contributed by atoms with Crippen molar-refractivity contribution >= 4 is 26.3 Å². The van der Waals surface area contributed by atoms with Crippen LogP contribution in [0.5, 0.6) is 0 Å². The standard InChI is InChI=1S/C9H7N5O2S2/c10-18(15,16)9-13-14-5-7(12-8(14)17-9)6-1-3-11-4-2-6/h1-5H,(H2,10,15,16). The van der Waals surface area contributed by atoms with Gasteiger partial charge in [-0.1, -0.05) is 11.3 Å². The van der Waals surface area contributed by atoms with Crippen molar-refractivity contribution in [2.24, 2.45) is 5.14 Å². The van der Waals surface area contributed by atoms with Crippen LogP contribution in [0.1, 0.15) is 0 Å². The normalized spacial score (nSPS) is 12.1. The number of rotatable bonds is 2. The number of imidazole rings is 1. The molecule has 3 rings (SSSR count). The van der Waals surface area contributed by atoms with E-state index in [1.54, 1.807) is 18.6 Å². The number of nitrogens with two attached hydrogens (primary N) is 1. The predicted octanol–water partition coefficient (Wildman–Crippen LogP) is 0.500. The molecule has 0 bridgehead atoms. The topological polar surface area (TPSA) is 103 Å². The van der Waals surface area contributed by atoms with Crippen LogP contribution in [0, 0.1) is 0 Å². The molecule has 0 radical (unpaired) electrons. The Kier molecular flexibility index (Phi) is 2.40. The summed E-state index contributed by atoms with van der Waals surface area (Å²) >= 11 is 0.932. The Balaban J connectivity index is 2.12. The lowest BCUT2D eigenvalue weighted by Crippen LogP contribution is -2.12.